The van der Waals surface area contributed by atoms with E-state index >= 15 is 0 Å². The summed E-state index contributed by atoms with van der Waals surface area (Å²) < 4.78 is 1.65. The van der Waals surface area contributed by atoms with Crippen molar-refractivity contribution in [1.29, 1.82) is 0 Å². The number of rotatable bonds is 5. The predicted molar refractivity (Wildman–Crippen MR) is 92.7 cm³/mol. The van der Waals surface area contributed by atoms with Crippen LogP contribution in [0.15, 0.2) is 36.5 Å². The SMILES string of the molecule is C[C@H](C(=O)Nc1ccn(C)n1)c1ccc(C[C@H]2CCCC2=O)cc1. The van der Waals surface area contributed by atoms with Gasteiger partial charge in [-0.05, 0) is 37.3 Å². The van der Waals surface area contributed by atoms with Crippen LogP contribution >= 0.6 is 0 Å². The Bertz CT molecular complexity index is 733. The average molecular weight is 325 g/mol. The summed E-state index contributed by atoms with van der Waals surface area (Å²) in [6, 6.07) is 9.80. The molecule has 5 heteroatoms. The second-order valence-corrected chi connectivity index (χ2v) is 6.59. The Morgan fingerprint density at radius 1 is 1.33 bits per heavy atom. The van der Waals surface area contributed by atoms with Crippen LogP contribution in [0.25, 0.3) is 0 Å². The molecule has 1 N–H and O–H groups in total. The van der Waals surface area contributed by atoms with Crippen LogP contribution in [0.3, 0.4) is 0 Å². The number of aromatic nitrogens is 2. The lowest BCUT2D eigenvalue weighted by atomic mass is 9.94. The topological polar surface area (TPSA) is 64.0 Å². The van der Waals surface area contributed by atoms with Gasteiger partial charge < -0.3 is 5.32 Å². The summed E-state index contributed by atoms with van der Waals surface area (Å²) in [5.74, 6) is 0.801. The Hall–Kier alpha value is -2.43. The van der Waals surface area contributed by atoms with Crippen LogP contribution in [0, 0.1) is 5.92 Å². The quantitative estimate of drug-likeness (QED) is 0.919. The lowest BCUT2D eigenvalue weighted by Gasteiger charge is -2.13. The molecule has 126 valence electrons. The van der Waals surface area contributed by atoms with Gasteiger partial charge in [0.2, 0.25) is 5.91 Å². The molecule has 1 fully saturated rings. The van der Waals surface area contributed by atoms with Crippen LogP contribution in [-0.4, -0.2) is 21.5 Å². The van der Waals surface area contributed by atoms with E-state index in [2.05, 4.69) is 10.4 Å². The Morgan fingerprint density at radius 2 is 2.08 bits per heavy atom. The van der Waals surface area contributed by atoms with E-state index in [-0.39, 0.29) is 17.7 Å². The van der Waals surface area contributed by atoms with Gasteiger partial charge in [0.15, 0.2) is 5.82 Å². The van der Waals surface area contributed by atoms with Crippen LogP contribution < -0.4 is 5.32 Å². The molecular formula is C19H23N3O2. The smallest absolute Gasteiger partial charge is 0.232 e. The van der Waals surface area contributed by atoms with E-state index in [1.807, 2.05) is 38.2 Å². The highest BCUT2D eigenvalue weighted by molar-refractivity contribution is 5.94. The molecule has 0 unspecified atom stereocenters. The molecule has 0 bridgehead atoms. The van der Waals surface area contributed by atoms with Gasteiger partial charge in [-0.2, -0.15) is 5.10 Å². The summed E-state index contributed by atoms with van der Waals surface area (Å²) in [5.41, 5.74) is 2.13. The van der Waals surface area contributed by atoms with Gasteiger partial charge >= 0.3 is 0 Å². The highest BCUT2D eigenvalue weighted by Crippen LogP contribution is 2.26. The first-order valence-electron chi connectivity index (χ1n) is 8.45. The number of carbonyl (C=O) groups is 2. The largest absolute Gasteiger partial charge is 0.309 e. The Labute approximate surface area is 142 Å². The maximum absolute atomic E-state index is 12.3. The maximum atomic E-state index is 12.3. The van der Waals surface area contributed by atoms with Crippen LogP contribution in [0.2, 0.25) is 0 Å². The van der Waals surface area contributed by atoms with Gasteiger partial charge in [-0.25, -0.2) is 0 Å². The van der Waals surface area contributed by atoms with Gasteiger partial charge in [-0.3, -0.25) is 14.3 Å². The van der Waals surface area contributed by atoms with Crippen LogP contribution in [0.5, 0.6) is 0 Å². The van der Waals surface area contributed by atoms with Gasteiger partial charge in [0, 0.05) is 31.6 Å². The fourth-order valence-electron chi connectivity index (χ4n) is 3.20. The molecule has 2 aromatic rings. The maximum Gasteiger partial charge on any atom is 0.232 e. The van der Waals surface area contributed by atoms with Gasteiger partial charge in [0.1, 0.15) is 5.78 Å². The number of amides is 1. The standard InChI is InChI=1S/C19H23N3O2/c1-13(19(24)20-18-10-11-22(2)21-18)15-8-6-14(7-9-15)12-16-4-3-5-17(16)23/h6-11,13,16H,3-5,12H2,1-2H3,(H,20,21,24)/t13-,16+/m0/s1. The minimum Gasteiger partial charge on any atom is -0.309 e. The number of benzene rings is 1. The number of hydrogen-bond acceptors (Lipinski definition) is 3. The average Bonchev–Trinajstić information content (AvgIpc) is 3.16. The lowest BCUT2D eigenvalue weighted by Crippen LogP contribution is -2.19. The Morgan fingerprint density at radius 3 is 2.67 bits per heavy atom. The van der Waals surface area contributed by atoms with E-state index in [0.717, 1.165) is 36.8 Å². The number of ketones is 1. The first-order chi connectivity index (χ1) is 11.5. The Balaban J connectivity index is 1.61. The summed E-state index contributed by atoms with van der Waals surface area (Å²) in [4.78, 5) is 24.1. The number of nitrogens with one attached hydrogen (secondary N) is 1. The van der Waals surface area contributed by atoms with E-state index in [4.69, 9.17) is 0 Å². The summed E-state index contributed by atoms with van der Waals surface area (Å²) in [6.45, 7) is 1.88. The number of hydrogen-bond donors (Lipinski definition) is 1. The van der Waals surface area contributed by atoms with Crippen molar-refractivity contribution in [3.63, 3.8) is 0 Å². The molecule has 1 amide bonds. The molecule has 1 aliphatic rings. The third kappa shape index (κ3) is 3.72. The van der Waals surface area contributed by atoms with E-state index in [0.29, 0.717) is 11.6 Å². The third-order valence-corrected chi connectivity index (χ3v) is 4.75. The summed E-state index contributed by atoms with van der Waals surface area (Å²) >= 11 is 0. The van der Waals surface area contributed by atoms with Crippen molar-refractivity contribution in [1.82, 2.24) is 9.78 Å². The summed E-state index contributed by atoms with van der Waals surface area (Å²) in [7, 11) is 1.81. The van der Waals surface area contributed by atoms with Gasteiger partial charge in [-0.1, -0.05) is 24.3 Å². The van der Waals surface area contributed by atoms with Crippen molar-refractivity contribution < 1.29 is 9.59 Å². The molecule has 0 saturated heterocycles. The van der Waals surface area contributed by atoms with Crippen LogP contribution in [-0.2, 0) is 23.1 Å². The minimum absolute atomic E-state index is 0.0765. The van der Waals surface area contributed by atoms with E-state index in [1.165, 1.54) is 0 Å². The number of aryl methyl sites for hydroxylation is 1. The van der Waals surface area contributed by atoms with Crippen molar-refractivity contribution in [2.45, 2.75) is 38.5 Å². The monoisotopic (exact) mass is 325 g/mol. The molecule has 24 heavy (non-hydrogen) atoms. The van der Waals surface area contributed by atoms with Crippen molar-refractivity contribution >= 4 is 17.5 Å². The van der Waals surface area contributed by atoms with Crippen molar-refractivity contribution in [2.24, 2.45) is 13.0 Å². The van der Waals surface area contributed by atoms with Crippen molar-refractivity contribution in [3.8, 4) is 0 Å². The summed E-state index contributed by atoms with van der Waals surface area (Å²) in [5, 5.41) is 6.98. The van der Waals surface area contributed by atoms with Crippen molar-refractivity contribution in [3.05, 3.63) is 47.7 Å². The van der Waals surface area contributed by atoms with Crippen LogP contribution in [0.1, 0.15) is 43.2 Å². The van der Waals surface area contributed by atoms with E-state index in [9.17, 15) is 9.59 Å². The fraction of sp³-hybridized carbons (Fsp3) is 0.421. The molecule has 5 nitrogen and oxygen atoms in total. The number of Topliss-reactive ketones (excluding diaryl/α,β-unsaturated/α-hetero) is 1. The second-order valence-electron chi connectivity index (χ2n) is 6.59. The molecule has 1 aromatic heterocycles. The first-order valence-corrected chi connectivity index (χ1v) is 8.45. The third-order valence-electron chi connectivity index (χ3n) is 4.75. The number of nitrogens with zero attached hydrogens (tertiary/aromatic N) is 2. The molecule has 1 saturated carbocycles. The molecule has 1 aromatic carbocycles. The molecule has 0 spiro atoms. The Kier molecular flexibility index (Phi) is 4.79. The molecule has 0 aliphatic heterocycles. The zero-order chi connectivity index (χ0) is 17.1. The molecular weight excluding hydrogens is 302 g/mol. The minimum atomic E-state index is -0.255. The fourth-order valence-corrected chi connectivity index (χ4v) is 3.20. The molecule has 0 radical (unpaired) electrons. The lowest BCUT2D eigenvalue weighted by molar-refractivity contribution is -0.120. The molecule has 2 atom stereocenters. The normalized spacial score (nSPS) is 18.6. The van der Waals surface area contributed by atoms with Crippen molar-refractivity contribution in [2.75, 3.05) is 5.32 Å². The first kappa shape index (κ1) is 16.4. The predicted octanol–water partition coefficient (Wildman–Crippen LogP) is 3.07. The highest BCUT2D eigenvalue weighted by atomic mass is 16.2. The zero-order valence-electron chi connectivity index (χ0n) is 14.2. The molecule has 3 rings (SSSR count). The second kappa shape index (κ2) is 6.99. The molecule has 1 aliphatic carbocycles. The van der Waals surface area contributed by atoms with E-state index in [1.54, 1.807) is 16.9 Å². The van der Waals surface area contributed by atoms with E-state index < -0.39 is 0 Å². The highest BCUT2D eigenvalue weighted by Gasteiger charge is 2.24. The zero-order valence-corrected chi connectivity index (χ0v) is 14.2. The summed E-state index contributed by atoms with van der Waals surface area (Å²) in [6.07, 6.45) is 5.36. The number of anilines is 1. The van der Waals surface area contributed by atoms with Gasteiger partial charge in [0.05, 0.1) is 5.92 Å². The van der Waals surface area contributed by atoms with Gasteiger partial charge in [0.25, 0.3) is 0 Å². The van der Waals surface area contributed by atoms with Gasteiger partial charge in [-0.15, -0.1) is 0 Å². The van der Waals surface area contributed by atoms with Crippen LogP contribution in [0.4, 0.5) is 5.82 Å². The molecule has 1 heterocycles. The number of carbonyl (C=O) groups excluding carboxylic acids is 2.